The van der Waals surface area contributed by atoms with E-state index in [9.17, 15) is 9.59 Å². The predicted molar refractivity (Wildman–Crippen MR) is 217 cm³/mol. The summed E-state index contributed by atoms with van der Waals surface area (Å²) in [4.78, 5) is 26.9. The van der Waals surface area contributed by atoms with Crippen molar-refractivity contribution in [2.45, 2.75) is 51.0 Å². The van der Waals surface area contributed by atoms with Gasteiger partial charge >= 0.3 is 0 Å². The van der Waals surface area contributed by atoms with Gasteiger partial charge in [-0.25, -0.2) is 0 Å². The van der Waals surface area contributed by atoms with Crippen molar-refractivity contribution < 1.29 is 47.5 Å². The number of hydrogen-bond donors (Lipinski definition) is 2. The van der Waals surface area contributed by atoms with Crippen LogP contribution in [0.3, 0.4) is 0 Å². The van der Waals surface area contributed by atoms with Gasteiger partial charge in [-0.15, -0.1) is 0 Å². The molecular weight excluding hydrogens is 881 g/mol. The quantitative estimate of drug-likeness (QED) is 0.120. The maximum absolute atomic E-state index is 12.4. The van der Waals surface area contributed by atoms with Crippen LogP contribution in [0.2, 0.25) is 20.1 Å². The van der Waals surface area contributed by atoms with E-state index >= 15 is 0 Å². The van der Waals surface area contributed by atoms with Crippen LogP contribution < -0.4 is 34.6 Å². The van der Waals surface area contributed by atoms with Crippen molar-refractivity contribution in [1.29, 1.82) is 0 Å². The van der Waals surface area contributed by atoms with E-state index in [1.165, 1.54) is 11.1 Å². The summed E-state index contributed by atoms with van der Waals surface area (Å²) in [5.74, 6) is -0.428. The fourth-order valence-corrected chi connectivity index (χ4v) is 7.07. The largest absolute Gasteiger partial charge is 1.00 e. The van der Waals surface area contributed by atoms with E-state index in [-0.39, 0.29) is 35.8 Å². The summed E-state index contributed by atoms with van der Waals surface area (Å²) >= 11 is 23.7. The van der Waals surface area contributed by atoms with E-state index < -0.39 is 0 Å². The van der Waals surface area contributed by atoms with E-state index in [2.05, 4.69) is 48.8 Å². The summed E-state index contributed by atoms with van der Waals surface area (Å²) in [7, 11) is 6.55. The lowest BCUT2D eigenvalue weighted by Crippen LogP contribution is -3.00. The number of rotatable bonds is 12. The highest BCUT2D eigenvalue weighted by molar-refractivity contribution is 6.42. The number of halogens is 5. The molecule has 54 heavy (non-hydrogen) atoms. The van der Waals surface area contributed by atoms with Crippen LogP contribution in [0.15, 0.2) is 84.9 Å². The lowest BCUT2D eigenvalue weighted by atomic mass is 10.1. The molecule has 2 heterocycles. The number of carbonyl (C=O) groups is 2. The van der Waals surface area contributed by atoms with Crippen molar-refractivity contribution in [2.24, 2.45) is 0 Å². The van der Waals surface area contributed by atoms with Crippen LogP contribution in [0.1, 0.15) is 57.5 Å². The minimum Gasteiger partial charge on any atom is -1.00 e. The molecular formula is C41H47Cl4IN4O4. The standard InChI is InChI=1S/C21H24Cl2N2O2.C20H22Cl2N2O2.HI/c1-25(2,14-18-4-3-11-27-18)13-15-5-8-17(9-6-15)24-21(26)16-7-10-19(22)20(23)12-16;1-24(13-17-3-2-10-26-17)12-14-4-7-16(8-5-14)23-20(25)15-6-9-18(21)19(22)11-15;/h5-10,12,18H,3-4,11,13-14H2,1-2H3;4-9,11,17H,2-3,10,12-13H2,1H3,(H,23,25);1H/t18-;17-;/m00./s1. The first-order valence-electron chi connectivity index (χ1n) is 17.8. The molecule has 4 aromatic carbocycles. The molecule has 0 aromatic heterocycles. The third-order valence-electron chi connectivity index (χ3n) is 9.11. The Bertz CT molecular complexity index is 1830. The monoisotopic (exact) mass is 926 g/mol. The van der Waals surface area contributed by atoms with Crippen molar-refractivity contribution in [3.8, 4) is 0 Å². The Morgan fingerprint density at radius 2 is 1.15 bits per heavy atom. The number of likely N-dealkylation sites (N-methyl/N-ethyl adjacent to an activating group) is 2. The van der Waals surface area contributed by atoms with Gasteiger partial charge < -0.3 is 48.6 Å². The third kappa shape index (κ3) is 13.9. The molecule has 8 nitrogen and oxygen atoms in total. The van der Waals surface area contributed by atoms with E-state index in [0.717, 1.165) is 80.9 Å². The zero-order valence-electron chi connectivity index (χ0n) is 30.7. The van der Waals surface area contributed by atoms with Crippen molar-refractivity contribution in [3.05, 3.63) is 127 Å². The van der Waals surface area contributed by atoms with Gasteiger partial charge in [0.05, 0.1) is 40.3 Å². The zero-order valence-corrected chi connectivity index (χ0v) is 35.9. The number of carbonyl (C=O) groups excluding carboxylic acids is 2. The van der Waals surface area contributed by atoms with E-state index in [1.807, 2.05) is 36.4 Å². The molecule has 6 rings (SSSR count). The maximum atomic E-state index is 12.4. The normalized spacial score (nSPS) is 16.7. The van der Waals surface area contributed by atoms with Gasteiger partial charge in [-0.05, 0) is 99.0 Å². The van der Waals surface area contributed by atoms with Crippen molar-refractivity contribution in [1.82, 2.24) is 4.90 Å². The smallest absolute Gasteiger partial charge is 0.255 e. The zero-order chi connectivity index (χ0) is 38.0. The van der Waals surface area contributed by atoms with E-state index in [0.29, 0.717) is 43.4 Å². The Morgan fingerprint density at radius 3 is 1.59 bits per heavy atom. The summed E-state index contributed by atoms with van der Waals surface area (Å²) in [5, 5.41) is 7.35. The molecule has 2 N–H and O–H groups in total. The van der Waals surface area contributed by atoms with Crippen molar-refractivity contribution in [3.63, 3.8) is 0 Å². The molecule has 2 saturated heterocycles. The summed E-state index contributed by atoms with van der Waals surface area (Å²) in [5.41, 5.74) is 4.86. The van der Waals surface area contributed by atoms with Gasteiger partial charge in [0, 0.05) is 54.4 Å². The lowest BCUT2D eigenvalue weighted by Gasteiger charge is -2.32. The summed E-state index contributed by atoms with van der Waals surface area (Å²) < 4.78 is 12.3. The molecule has 0 saturated carbocycles. The SMILES string of the molecule is CN(Cc1ccc(NC(=O)c2ccc(Cl)c(Cl)c2)cc1)C[C@@H]1CCCO1.C[N+](C)(Cc1ccc(NC(=O)c2ccc(Cl)c(Cl)c2)cc1)C[C@@H]1CCCO1.[I-]. The Morgan fingerprint density at radius 1 is 0.685 bits per heavy atom. The molecule has 2 fully saturated rings. The Hall–Kier alpha value is -2.45. The molecule has 13 heteroatoms. The number of quaternary nitrogens is 1. The van der Waals surface area contributed by atoms with Crippen LogP contribution >= 0.6 is 46.4 Å². The van der Waals surface area contributed by atoms with Crippen LogP contribution in [0.4, 0.5) is 11.4 Å². The van der Waals surface area contributed by atoms with Gasteiger partial charge in [0.2, 0.25) is 0 Å². The van der Waals surface area contributed by atoms with E-state index in [1.54, 1.807) is 36.4 Å². The highest BCUT2D eigenvalue weighted by Crippen LogP contribution is 2.25. The number of benzene rings is 4. The first-order chi connectivity index (χ1) is 25.3. The third-order valence-corrected chi connectivity index (χ3v) is 10.6. The fraction of sp³-hybridized carbons (Fsp3) is 0.366. The van der Waals surface area contributed by atoms with Gasteiger partial charge in [0.15, 0.2) is 0 Å². The highest BCUT2D eigenvalue weighted by atomic mass is 127. The summed E-state index contributed by atoms with van der Waals surface area (Å²) in [6.07, 6.45) is 5.34. The van der Waals surface area contributed by atoms with Crippen LogP contribution in [0, 0.1) is 0 Å². The number of amides is 2. The van der Waals surface area contributed by atoms with Crippen molar-refractivity contribution in [2.75, 3.05) is 58.1 Å². The Balaban J connectivity index is 0.000000236. The van der Waals surface area contributed by atoms with Crippen LogP contribution in [-0.2, 0) is 22.6 Å². The molecule has 0 unspecified atom stereocenters. The number of anilines is 2. The Labute approximate surface area is 356 Å². The Kier molecular flexibility index (Phi) is 17.4. The van der Waals surface area contributed by atoms with Gasteiger partial charge in [-0.1, -0.05) is 70.7 Å². The molecule has 0 radical (unpaired) electrons. The number of ether oxygens (including phenoxy) is 2. The molecule has 2 aliphatic heterocycles. The van der Waals surface area contributed by atoms with Gasteiger partial charge in [-0.3, -0.25) is 14.5 Å². The minimum atomic E-state index is -0.216. The second kappa shape index (κ2) is 21.2. The van der Waals surface area contributed by atoms with Crippen LogP contribution in [-0.4, -0.2) is 80.9 Å². The van der Waals surface area contributed by atoms with Gasteiger partial charge in [0.1, 0.15) is 19.2 Å². The van der Waals surface area contributed by atoms with Crippen LogP contribution in [0.25, 0.3) is 0 Å². The molecule has 0 bridgehead atoms. The molecule has 2 amide bonds. The van der Waals surface area contributed by atoms with E-state index in [4.69, 9.17) is 55.9 Å². The van der Waals surface area contributed by atoms with Crippen molar-refractivity contribution >= 4 is 69.6 Å². The van der Waals surface area contributed by atoms with Gasteiger partial charge in [-0.2, -0.15) is 0 Å². The lowest BCUT2D eigenvalue weighted by molar-refractivity contribution is -0.906. The average molecular weight is 929 g/mol. The molecule has 4 aromatic rings. The first-order valence-corrected chi connectivity index (χ1v) is 19.3. The maximum Gasteiger partial charge on any atom is 0.255 e. The average Bonchev–Trinajstić information content (AvgIpc) is 3.83. The molecule has 2 aliphatic rings. The first kappa shape index (κ1) is 44.3. The fourth-order valence-electron chi connectivity index (χ4n) is 6.48. The highest BCUT2D eigenvalue weighted by Gasteiger charge is 2.26. The summed E-state index contributed by atoms with van der Waals surface area (Å²) in [6, 6.07) is 25.5. The number of nitrogens with one attached hydrogen (secondary N) is 2. The van der Waals surface area contributed by atoms with Crippen LogP contribution in [0.5, 0.6) is 0 Å². The molecule has 0 spiro atoms. The minimum absolute atomic E-state index is 0. The topological polar surface area (TPSA) is 79.9 Å². The molecule has 2 atom stereocenters. The molecule has 290 valence electrons. The second-order valence-electron chi connectivity index (χ2n) is 14.3. The number of hydrogen-bond acceptors (Lipinski definition) is 5. The number of nitrogens with zero attached hydrogens (tertiary/aromatic N) is 2. The molecule has 0 aliphatic carbocycles. The van der Waals surface area contributed by atoms with Gasteiger partial charge in [0.25, 0.3) is 11.8 Å². The second-order valence-corrected chi connectivity index (χ2v) is 15.9. The predicted octanol–water partition coefficient (Wildman–Crippen LogP) is 6.86. The summed E-state index contributed by atoms with van der Waals surface area (Å²) in [6.45, 7) is 5.48.